The fourth-order valence-electron chi connectivity index (χ4n) is 8.60. The fraction of sp³-hybridized carbons (Fsp3) is 0. The highest BCUT2D eigenvalue weighted by atomic mass is 16.3. The van der Waals surface area contributed by atoms with Gasteiger partial charge in [0, 0.05) is 32.5 Å². The maximum atomic E-state index is 6.55. The van der Waals surface area contributed by atoms with Crippen LogP contribution in [0.3, 0.4) is 0 Å². The van der Waals surface area contributed by atoms with Gasteiger partial charge in [-0.1, -0.05) is 127 Å². The number of furan rings is 1. The van der Waals surface area contributed by atoms with Crippen molar-refractivity contribution in [3.8, 4) is 50.5 Å². The molecular weight excluding hydrogens is 635 g/mol. The zero-order chi connectivity index (χ0) is 33.9. The van der Waals surface area contributed by atoms with Crippen LogP contribution in [-0.4, -0.2) is 14.5 Å². The summed E-state index contributed by atoms with van der Waals surface area (Å²) >= 11 is 0. The average Bonchev–Trinajstić information content (AvgIpc) is 3.72. The monoisotopic (exact) mass is 661 g/mol. The maximum absolute atomic E-state index is 6.55. The minimum atomic E-state index is 0.807. The largest absolute Gasteiger partial charge is 0.456 e. The van der Waals surface area contributed by atoms with Crippen molar-refractivity contribution in [2.24, 2.45) is 0 Å². The first-order chi connectivity index (χ1) is 25.8. The molecule has 8 aromatic carbocycles. The Hall–Kier alpha value is -7.04. The number of hydrogen-bond acceptors (Lipinski definition) is 3. The number of para-hydroxylation sites is 2. The number of aromatic nitrogens is 3. The Bertz CT molecular complexity index is 3260. The van der Waals surface area contributed by atoms with Gasteiger partial charge in [-0.15, -0.1) is 0 Å². The lowest BCUT2D eigenvalue weighted by Crippen LogP contribution is -2.03. The molecule has 0 bridgehead atoms. The van der Waals surface area contributed by atoms with Gasteiger partial charge in [0.2, 0.25) is 0 Å². The second-order valence-corrected chi connectivity index (χ2v) is 13.7. The Morgan fingerprint density at radius 1 is 0.365 bits per heavy atom. The molecule has 0 amide bonds. The summed E-state index contributed by atoms with van der Waals surface area (Å²) in [4.78, 5) is 10.7. The summed E-state index contributed by atoms with van der Waals surface area (Å²) in [6, 6.07) is 58.1. The molecule has 0 fully saturated rings. The van der Waals surface area contributed by atoms with Crippen LogP contribution in [0.25, 0.3) is 116 Å². The molecule has 0 unspecified atom stereocenters. The molecule has 0 saturated carbocycles. The van der Waals surface area contributed by atoms with Crippen molar-refractivity contribution in [2.45, 2.75) is 0 Å². The van der Waals surface area contributed by atoms with Crippen LogP contribution in [0.1, 0.15) is 0 Å². The summed E-state index contributed by atoms with van der Waals surface area (Å²) in [6.45, 7) is 0. The van der Waals surface area contributed by atoms with Crippen molar-refractivity contribution < 1.29 is 4.42 Å². The Balaban J connectivity index is 1.10. The summed E-state index contributed by atoms with van der Waals surface area (Å²) < 4.78 is 8.87. The Kier molecular flexibility index (Phi) is 5.47. The van der Waals surface area contributed by atoms with Gasteiger partial charge >= 0.3 is 0 Å². The highest BCUT2D eigenvalue weighted by Gasteiger charge is 2.27. The summed E-state index contributed by atoms with van der Waals surface area (Å²) in [5.41, 5.74) is 14.8. The van der Waals surface area contributed by atoms with Crippen molar-refractivity contribution >= 4 is 65.6 Å². The van der Waals surface area contributed by atoms with E-state index in [0.29, 0.717) is 0 Å². The van der Waals surface area contributed by atoms with Crippen molar-refractivity contribution in [3.63, 3.8) is 0 Å². The molecule has 11 aromatic rings. The van der Waals surface area contributed by atoms with Crippen LogP contribution in [-0.2, 0) is 0 Å². The SMILES string of the molecule is c1ccc(-c2ccc(-c3ccc(-c4nc5ccccc5nc4-n4c5cccc6c5c5c7c(ccc54)oc4ccc5cccc-6c5c47)cc3)cc2)cc1. The van der Waals surface area contributed by atoms with Gasteiger partial charge in [0.05, 0.1) is 22.1 Å². The minimum absolute atomic E-state index is 0.807. The molecule has 4 heteroatoms. The van der Waals surface area contributed by atoms with Gasteiger partial charge in [-0.2, -0.15) is 0 Å². The molecule has 0 spiro atoms. The Morgan fingerprint density at radius 3 is 1.65 bits per heavy atom. The topological polar surface area (TPSA) is 43.9 Å². The van der Waals surface area contributed by atoms with Crippen LogP contribution in [0.5, 0.6) is 0 Å². The van der Waals surface area contributed by atoms with Gasteiger partial charge in [0.1, 0.15) is 16.9 Å². The van der Waals surface area contributed by atoms with Crippen LogP contribution >= 0.6 is 0 Å². The number of rotatable bonds is 4. The van der Waals surface area contributed by atoms with E-state index in [0.717, 1.165) is 61.3 Å². The van der Waals surface area contributed by atoms with E-state index in [1.54, 1.807) is 0 Å². The van der Waals surface area contributed by atoms with E-state index in [-0.39, 0.29) is 0 Å². The molecule has 0 atom stereocenters. The molecule has 1 aliphatic carbocycles. The summed E-state index contributed by atoms with van der Waals surface area (Å²) in [6.07, 6.45) is 0. The predicted molar refractivity (Wildman–Crippen MR) is 214 cm³/mol. The van der Waals surface area contributed by atoms with Gasteiger partial charge in [0.25, 0.3) is 0 Å². The quantitative estimate of drug-likeness (QED) is 0.189. The van der Waals surface area contributed by atoms with Crippen LogP contribution in [0.4, 0.5) is 0 Å². The number of hydrogen-bond donors (Lipinski definition) is 0. The van der Waals surface area contributed by atoms with E-state index in [4.69, 9.17) is 14.4 Å². The smallest absolute Gasteiger partial charge is 0.165 e. The molecule has 1 aliphatic rings. The number of benzene rings is 8. The summed E-state index contributed by atoms with van der Waals surface area (Å²) in [7, 11) is 0. The third-order valence-corrected chi connectivity index (χ3v) is 10.9. The minimum Gasteiger partial charge on any atom is -0.456 e. The number of nitrogens with zero attached hydrogens (tertiary/aromatic N) is 3. The van der Waals surface area contributed by atoms with E-state index in [1.807, 2.05) is 18.2 Å². The van der Waals surface area contributed by atoms with E-state index in [2.05, 4.69) is 150 Å². The van der Waals surface area contributed by atoms with Gasteiger partial charge < -0.3 is 4.42 Å². The molecule has 4 nitrogen and oxygen atoms in total. The molecule has 3 aromatic heterocycles. The van der Waals surface area contributed by atoms with E-state index >= 15 is 0 Å². The fourth-order valence-corrected chi connectivity index (χ4v) is 8.60. The second-order valence-electron chi connectivity index (χ2n) is 13.7. The highest BCUT2D eigenvalue weighted by molar-refractivity contribution is 6.37. The zero-order valence-corrected chi connectivity index (χ0v) is 27.8. The van der Waals surface area contributed by atoms with Gasteiger partial charge in [-0.3, -0.25) is 4.57 Å². The van der Waals surface area contributed by atoms with Gasteiger partial charge in [0.15, 0.2) is 5.82 Å². The third kappa shape index (κ3) is 3.75. The van der Waals surface area contributed by atoms with Crippen LogP contribution in [0.2, 0.25) is 0 Å². The highest BCUT2D eigenvalue weighted by Crippen LogP contribution is 2.51. The molecule has 0 N–H and O–H groups in total. The molecule has 0 saturated heterocycles. The Morgan fingerprint density at radius 2 is 0.923 bits per heavy atom. The molecule has 12 rings (SSSR count). The Labute approximate surface area is 297 Å². The lowest BCUT2D eigenvalue weighted by atomic mass is 9.95. The lowest BCUT2D eigenvalue weighted by molar-refractivity contribution is 0.669. The normalized spacial score (nSPS) is 12.2. The maximum Gasteiger partial charge on any atom is 0.165 e. The van der Waals surface area contributed by atoms with Crippen molar-refractivity contribution in [3.05, 3.63) is 164 Å². The van der Waals surface area contributed by atoms with Crippen molar-refractivity contribution in [1.82, 2.24) is 14.5 Å². The molecule has 240 valence electrons. The van der Waals surface area contributed by atoms with E-state index < -0.39 is 0 Å². The first kappa shape index (κ1) is 27.7. The van der Waals surface area contributed by atoms with Gasteiger partial charge in [-0.25, -0.2) is 9.97 Å². The van der Waals surface area contributed by atoms with E-state index in [9.17, 15) is 0 Å². The molecule has 52 heavy (non-hydrogen) atoms. The molecule has 0 radical (unpaired) electrons. The van der Waals surface area contributed by atoms with E-state index in [1.165, 1.54) is 54.7 Å². The third-order valence-electron chi connectivity index (χ3n) is 10.9. The van der Waals surface area contributed by atoms with Crippen LogP contribution in [0.15, 0.2) is 168 Å². The molecule has 0 aliphatic heterocycles. The number of fused-ring (bicyclic) bond motifs is 2. The van der Waals surface area contributed by atoms with Gasteiger partial charge in [-0.05, 0) is 75.2 Å². The second kappa shape index (κ2) is 10.3. The van der Waals surface area contributed by atoms with Crippen LogP contribution in [0, 0.1) is 0 Å². The average molecular weight is 662 g/mol. The standard InChI is InChI=1S/C48H27N3O/c1-2-8-28(9-3-1)29-16-18-30(19-17-29)31-20-22-33(23-21-31)47-48(50-37-14-5-4-13-36(37)49-47)51-38-15-7-12-35-34-11-6-10-32-24-26-40-45(42(32)34)46-41(52-40)27-25-39(51)44(46)43(35)38/h1-27H. The zero-order valence-electron chi connectivity index (χ0n) is 27.8. The first-order valence-corrected chi connectivity index (χ1v) is 17.7. The first-order valence-electron chi connectivity index (χ1n) is 17.7. The van der Waals surface area contributed by atoms with Crippen molar-refractivity contribution in [2.75, 3.05) is 0 Å². The summed E-state index contributed by atoms with van der Waals surface area (Å²) in [5, 5.41) is 7.23. The van der Waals surface area contributed by atoms with Crippen molar-refractivity contribution in [1.29, 1.82) is 0 Å². The predicted octanol–water partition coefficient (Wildman–Crippen LogP) is 12.8. The molecular formula is C48H27N3O. The molecule has 3 heterocycles. The summed E-state index contributed by atoms with van der Waals surface area (Å²) in [5.74, 6) is 0.807. The lowest BCUT2D eigenvalue weighted by Gasteiger charge is -2.15. The van der Waals surface area contributed by atoms with Crippen LogP contribution < -0.4 is 0 Å².